The first-order chi connectivity index (χ1) is 15.7. The molecule has 1 N–H and O–H groups in total. The van der Waals surface area contributed by atoms with Gasteiger partial charge in [-0.2, -0.15) is 0 Å². The van der Waals surface area contributed by atoms with E-state index in [0.29, 0.717) is 29.5 Å². The molecule has 0 saturated carbocycles. The third kappa shape index (κ3) is 6.33. The number of carbonyl (C=O) groups excluding carboxylic acids is 1. The molecule has 1 heterocycles. The number of morpholine rings is 1. The highest BCUT2D eigenvalue weighted by Gasteiger charge is 2.11. The molecule has 5 nitrogen and oxygen atoms in total. The van der Waals surface area contributed by atoms with Gasteiger partial charge < -0.3 is 14.8 Å². The Labute approximate surface area is 193 Å². The van der Waals surface area contributed by atoms with Gasteiger partial charge in [-0.15, -0.1) is 0 Å². The Morgan fingerprint density at radius 2 is 1.72 bits per heavy atom. The monoisotopic (exact) mass is 450 g/mol. The number of carbonyl (C=O) groups is 1. The van der Waals surface area contributed by atoms with E-state index in [4.69, 9.17) is 21.1 Å². The molecule has 0 bridgehead atoms. The second kappa shape index (κ2) is 11.1. The van der Waals surface area contributed by atoms with Gasteiger partial charge in [0.1, 0.15) is 12.4 Å². The molecule has 6 heteroatoms. The van der Waals surface area contributed by atoms with Crippen LogP contribution in [0.15, 0.2) is 72.8 Å². The van der Waals surface area contributed by atoms with Gasteiger partial charge in [0.05, 0.1) is 13.2 Å². The van der Waals surface area contributed by atoms with E-state index in [-0.39, 0.29) is 5.91 Å². The van der Waals surface area contributed by atoms with E-state index in [2.05, 4.69) is 34.5 Å². The highest BCUT2D eigenvalue weighted by atomic mass is 35.5. The van der Waals surface area contributed by atoms with E-state index in [1.165, 1.54) is 5.56 Å². The lowest BCUT2D eigenvalue weighted by Gasteiger charge is -2.26. The summed E-state index contributed by atoms with van der Waals surface area (Å²) in [7, 11) is 0. The average Bonchev–Trinajstić information content (AvgIpc) is 2.84. The van der Waals surface area contributed by atoms with Crippen molar-refractivity contribution >= 4 is 17.5 Å². The van der Waals surface area contributed by atoms with Crippen molar-refractivity contribution in [1.82, 2.24) is 10.2 Å². The number of hydrogen-bond acceptors (Lipinski definition) is 4. The van der Waals surface area contributed by atoms with Gasteiger partial charge in [0, 0.05) is 42.3 Å². The zero-order chi connectivity index (χ0) is 22.2. The van der Waals surface area contributed by atoms with Gasteiger partial charge >= 0.3 is 0 Å². The Morgan fingerprint density at radius 1 is 0.969 bits per heavy atom. The number of benzene rings is 3. The Kier molecular flexibility index (Phi) is 7.77. The van der Waals surface area contributed by atoms with Gasteiger partial charge in [-0.3, -0.25) is 9.69 Å². The van der Waals surface area contributed by atoms with E-state index in [1.807, 2.05) is 36.4 Å². The van der Waals surface area contributed by atoms with Crippen molar-refractivity contribution < 1.29 is 14.3 Å². The molecular formula is C26H27ClN2O3. The molecule has 1 aliphatic rings. The van der Waals surface area contributed by atoms with Crippen LogP contribution in [0.5, 0.6) is 5.75 Å². The van der Waals surface area contributed by atoms with E-state index in [0.717, 1.165) is 44.0 Å². The number of nitrogens with one attached hydrogen (secondary N) is 1. The van der Waals surface area contributed by atoms with Crippen LogP contribution >= 0.6 is 11.6 Å². The van der Waals surface area contributed by atoms with Crippen LogP contribution in [0.1, 0.15) is 27.0 Å². The minimum absolute atomic E-state index is 0.134. The van der Waals surface area contributed by atoms with Gasteiger partial charge in [-0.05, 0) is 35.4 Å². The Morgan fingerprint density at radius 3 is 2.50 bits per heavy atom. The van der Waals surface area contributed by atoms with Crippen molar-refractivity contribution in [1.29, 1.82) is 0 Å². The summed E-state index contributed by atoms with van der Waals surface area (Å²) >= 11 is 6.18. The van der Waals surface area contributed by atoms with Gasteiger partial charge in [0.25, 0.3) is 5.91 Å². The van der Waals surface area contributed by atoms with Crippen LogP contribution in [0.2, 0.25) is 5.02 Å². The third-order valence-corrected chi connectivity index (χ3v) is 5.80. The largest absolute Gasteiger partial charge is 0.489 e. The highest BCUT2D eigenvalue weighted by molar-refractivity contribution is 6.31. The summed E-state index contributed by atoms with van der Waals surface area (Å²) in [6.07, 6.45) is 0. The lowest BCUT2D eigenvalue weighted by Crippen LogP contribution is -2.35. The molecule has 0 spiro atoms. The van der Waals surface area contributed by atoms with E-state index in [1.54, 1.807) is 12.1 Å². The quantitative estimate of drug-likeness (QED) is 0.541. The standard InChI is InChI=1S/C26H27ClN2O3/c27-25-7-2-1-4-23(25)19-32-24-6-3-5-22(16-24)26(30)28-17-20-8-10-21(11-9-20)18-29-12-14-31-15-13-29/h1-11,16H,12-15,17-19H2,(H,28,30). The van der Waals surface area contributed by atoms with Crippen molar-refractivity contribution in [2.75, 3.05) is 26.3 Å². The molecule has 3 aromatic rings. The number of ether oxygens (including phenoxy) is 2. The summed E-state index contributed by atoms with van der Waals surface area (Å²) in [6, 6.07) is 23.1. The van der Waals surface area contributed by atoms with Crippen molar-refractivity contribution in [3.8, 4) is 5.75 Å². The Balaban J connectivity index is 1.28. The van der Waals surface area contributed by atoms with E-state index in [9.17, 15) is 4.79 Å². The maximum Gasteiger partial charge on any atom is 0.251 e. The van der Waals surface area contributed by atoms with Crippen molar-refractivity contribution in [3.05, 3.63) is 100 Å². The molecule has 4 rings (SSSR count). The molecule has 166 valence electrons. The fourth-order valence-electron chi connectivity index (χ4n) is 3.57. The summed E-state index contributed by atoms with van der Waals surface area (Å²) < 4.78 is 11.2. The highest BCUT2D eigenvalue weighted by Crippen LogP contribution is 2.19. The molecule has 32 heavy (non-hydrogen) atoms. The zero-order valence-electron chi connectivity index (χ0n) is 17.9. The molecule has 0 radical (unpaired) electrons. The van der Waals surface area contributed by atoms with Crippen LogP contribution in [0, 0.1) is 0 Å². The van der Waals surface area contributed by atoms with E-state index < -0.39 is 0 Å². The average molecular weight is 451 g/mol. The maximum absolute atomic E-state index is 12.6. The van der Waals surface area contributed by atoms with Crippen LogP contribution in [-0.2, 0) is 24.4 Å². The lowest BCUT2D eigenvalue weighted by atomic mass is 10.1. The Bertz CT molecular complexity index is 1030. The fraction of sp³-hybridized carbons (Fsp3) is 0.269. The number of nitrogens with zero attached hydrogens (tertiary/aromatic N) is 1. The van der Waals surface area contributed by atoms with Crippen LogP contribution in [-0.4, -0.2) is 37.1 Å². The van der Waals surface area contributed by atoms with Crippen LogP contribution in [0.4, 0.5) is 0 Å². The van der Waals surface area contributed by atoms with Crippen molar-refractivity contribution in [2.24, 2.45) is 0 Å². The second-order valence-electron chi connectivity index (χ2n) is 7.80. The molecule has 3 aromatic carbocycles. The van der Waals surface area contributed by atoms with Gasteiger partial charge in [0.2, 0.25) is 0 Å². The van der Waals surface area contributed by atoms with Crippen LogP contribution in [0.25, 0.3) is 0 Å². The summed E-state index contributed by atoms with van der Waals surface area (Å²) in [5.74, 6) is 0.496. The number of hydrogen-bond donors (Lipinski definition) is 1. The zero-order valence-corrected chi connectivity index (χ0v) is 18.7. The predicted molar refractivity (Wildman–Crippen MR) is 126 cm³/mol. The smallest absolute Gasteiger partial charge is 0.251 e. The van der Waals surface area contributed by atoms with Gasteiger partial charge in [-0.25, -0.2) is 0 Å². The van der Waals surface area contributed by atoms with Crippen LogP contribution in [0.3, 0.4) is 0 Å². The summed E-state index contributed by atoms with van der Waals surface area (Å²) in [6.45, 7) is 5.30. The first-order valence-electron chi connectivity index (χ1n) is 10.8. The first kappa shape index (κ1) is 22.3. The number of halogens is 1. The molecule has 1 saturated heterocycles. The topological polar surface area (TPSA) is 50.8 Å². The van der Waals surface area contributed by atoms with Crippen molar-refractivity contribution in [3.63, 3.8) is 0 Å². The predicted octanol–water partition coefficient (Wildman–Crippen LogP) is 4.68. The minimum atomic E-state index is -0.134. The molecule has 0 aliphatic carbocycles. The molecule has 1 aliphatic heterocycles. The molecule has 0 atom stereocenters. The lowest BCUT2D eigenvalue weighted by molar-refractivity contribution is 0.0342. The summed E-state index contributed by atoms with van der Waals surface area (Å²) in [5.41, 5.74) is 3.80. The summed E-state index contributed by atoms with van der Waals surface area (Å²) in [4.78, 5) is 15.0. The summed E-state index contributed by atoms with van der Waals surface area (Å²) in [5, 5.41) is 3.65. The van der Waals surface area contributed by atoms with E-state index >= 15 is 0 Å². The molecule has 0 aromatic heterocycles. The number of amides is 1. The second-order valence-corrected chi connectivity index (χ2v) is 8.20. The molecule has 1 fully saturated rings. The van der Waals surface area contributed by atoms with Crippen LogP contribution < -0.4 is 10.1 Å². The SMILES string of the molecule is O=C(NCc1ccc(CN2CCOCC2)cc1)c1cccc(OCc2ccccc2Cl)c1. The first-order valence-corrected chi connectivity index (χ1v) is 11.2. The Hall–Kier alpha value is -2.86. The van der Waals surface area contributed by atoms with Gasteiger partial charge in [0.15, 0.2) is 0 Å². The molecule has 1 amide bonds. The maximum atomic E-state index is 12.6. The molecular weight excluding hydrogens is 424 g/mol. The van der Waals surface area contributed by atoms with Crippen molar-refractivity contribution in [2.45, 2.75) is 19.7 Å². The van der Waals surface area contributed by atoms with Gasteiger partial charge in [-0.1, -0.05) is 60.1 Å². The molecule has 0 unspecified atom stereocenters. The minimum Gasteiger partial charge on any atom is -0.489 e. The number of rotatable bonds is 8. The normalized spacial score (nSPS) is 14.2. The fourth-order valence-corrected chi connectivity index (χ4v) is 3.76. The third-order valence-electron chi connectivity index (χ3n) is 5.43.